The Labute approximate surface area is 189 Å². The summed E-state index contributed by atoms with van der Waals surface area (Å²) < 4.78 is 12.0. The first-order valence-corrected chi connectivity index (χ1v) is 10.1. The molecule has 3 aromatic carbocycles. The van der Waals surface area contributed by atoms with Gasteiger partial charge in [0.05, 0.1) is 19.9 Å². The van der Waals surface area contributed by atoms with E-state index in [2.05, 4.69) is 4.98 Å². The largest absolute Gasteiger partial charge is 0.497 e. The van der Waals surface area contributed by atoms with Crippen LogP contribution in [0.5, 0.6) is 11.5 Å². The van der Waals surface area contributed by atoms with Gasteiger partial charge in [-0.15, -0.1) is 0 Å². The van der Waals surface area contributed by atoms with Crippen LogP contribution in [0.25, 0.3) is 16.9 Å². The maximum atomic E-state index is 13.6. The molecule has 4 aromatic rings. The molecule has 4 rings (SSSR count). The smallest absolute Gasteiger partial charge is 0.285 e. The van der Waals surface area contributed by atoms with Crippen molar-refractivity contribution in [1.82, 2.24) is 9.55 Å². The first-order valence-electron chi connectivity index (χ1n) is 9.75. The normalized spacial score (nSPS) is 10.6. The third-order valence-electron chi connectivity index (χ3n) is 4.98. The molecule has 0 saturated heterocycles. The fourth-order valence-electron chi connectivity index (χ4n) is 3.42. The van der Waals surface area contributed by atoms with Crippen LogP contribution in [-0.2, 0) is 0 Å². The highest BCUT2D eigenvalue weighted by molar-refractivity contribution is 6.32. The molecule has 0 fully saturated rings. The lowest BCUT2D eigenvalue weighted by Gasteiger charge is -2.17. The summed E-state index contributed by atoms with van der Waals surface area (Å²) in [4.78, 5) is 31.0. The number of para-hydroxylation sites is 2. The predicted molar refractivity (Wildman–Crippen MR) is 123 cm³/mol. The molecule has 0 aliphatic heterocycles. The minimum Gasteiger partial charge on any atom is -0.497 e. The Balaban J connectivity index is 1.98. The summed E-state index contributed by atoms with van der Waals surface area (Å²) in [7, 11) is 3.07. The third kappa shape index (κ3) is 3.88. The van der Waals surface area contributed by atoms with Crippen LogP contribution in [0, 0.1) is 0 Å². The zero-order valence-electron chi connectivity index (χ0n) is 17.4. The number of nitrogens with zero attached hydrogens (tertiary/aromatic N) is 2. The number of methoxy groups -OCH3 is 2. The number of benzene rings is 3. The Morgan fingerprint density at radius 2 is 1.53 bits per heavy atom. The SMILES string of the molecule is COc1ccc(C(=O)c2nc(Cl)c(-c3ccccc3OC)n(-c3ccccc3)c2=O)cc1. The lowest BCUT2D eigenvalue weighted by atomic mass is 10.1. The molecule has 0 unspecified atom stereocenters. The molecule has 0 radical (unpaired) electrons. The third-order valence-corrected chi connectivity index (χ3v) is 5.24. The van der Waals surface area contributed by atoms with Gasteiger partial charge >= 0.3 is 0 Å². The topological polar surface area (TPSA) is 70.4 Å². The van der Waals surface area contributed by atoms with Crippen LogP contribution >= 0.6 is 11.6 Å². The van der Waals surface area contributed by atoms with Crippen LogP contribution in [0.2, 0.25) is 5.15 Å². The molecule has 0 spiro atoms. The van der Waals surface area contributed by atoms with E-state index < -0.39 is 11.3 Å². The second kappa shape index (κ2) is 9.08. The van der Waals surface area contributed by atoms with Gasteiger partial charge in [-0.05, 0) is 48.5 Å². The highest BCUT2D eigenvalue weighted by Gasteiger charge is 2.24. The first-order chi connectivity index (χ1) is 15.5. The summed E-state index contributed by atoms with van der Waals surface area (Å²) in [5, 5.41) is 0.00909. The molecule has 0 atom stereocenters. The van der Waals surface area contributed by atoms with Crippen molar-refractivity contribution in [2.24, 2.45) is 0 Å². The number of carbonyl (C=O) groups excluding carboxylic acids is 1. The molecular formula is C25H19ClN2O4. The van der Waals surface area contributed by atoms with E-state index in [4.69, 9.17) is 21.1 Å². The van der Waals surface area contributed by atoms with Gasteiger partial charge in [0, 0.05) is 16.8 Å². The second-order valence-electron chi connectivity index (χ2n) is 6.83. The average Bonchev–Trinajstić information content (AvgIpc) is 2.85. The van der Waals surface area contributed by atoms with E-state index in [1.807, 2.05) is 18.2 Å². The summed E-state index contributed by atoms with van der Waals surface area (Å²) in [5.74, 6) is 0.589. The van der Waals surface area contributed by atoms with Crippen molar-refractivity contribution in [1.29, 1.82) is 0 Å². The van der Waals surface area contributed by atoms with E-state index in [0.29, 0.717) is 34.0 Å². The molecule has 0 amide bonds. The number of ketones is 1. The number of hydrogen-bond donors (Lipinski definition) is 0. The van der Waals surface area contributed by atoms with Crippen molar-refractivity contribution in [2.45, 2.75) is 0 Å². The van der Waals surface area contributed by atoms with Crippen molar-refractivity contribution >= 4 is 17.4 Å². The number of carbonyl (C=O) groups is 1. The van der Waals surface area contributed by atoms with Gasteiger partial charge in [-0.3, -0.25) is 14.2 Å². The van der Waals surface area contributed by atoms with Crippen LogP contribution in [0.3, 0.4) is 0 Å². The Morgan fingerprint density at radius 1 is 0.875 bits per heavy atom. The molecule has 6 nitrogen and oxygen atoms in total. The minimum atomic E-state index is -0.581. The van der Waals surface area contributed by atoms with Crippen molar-refractivity contribution in [3.05, 3.63) is 106 Å². The van der Waals surface area contributed by atoms with Gasteiger partial charge in [0.15, 0.2) is 10.8 Å². The number of rotatable bonds is 6. The van der Waals surface area contributed by atoms with E-state index >= 15 is 0 Å². The first kappa shape index (κ1) is 21.3. The lowest BCUT2D eigenvalue weighted by molar-refractivity contribution is 0.103. The van der Waals surface area contributed by atoms with Gasteiger partial charge in [0.1, 0.15) is 11.5 Å². The molecule has 0 saturated carbocycles. The van der Waals surface area contributed by atoms with Gasteiger partial charge < -0.3 is 9.47 Å². The van der Waals surface area contributed by atoms with Gasteiger partial charge in [0.2, 0.25) is 5.78 Å². The number of aromatic nitrogens is 2. The molecule has 7 heteroatoms. The average molecular weight is 447 g/mol. The maximum absolute atomic E-state index is 13.6. The summed E-state index contributed by atoms with van der Waals surface area (Å²) in [6.07, 6.45) is 0. The van der Waals surface area contributed by atoms with Crippen LogP contribution in [0.4, 0.5) is 0 Å². The van der Waals surface area contributed by atoms with E-state index in [1.165, 1.54) is 18.8 Å². The molecule has 0 N–H and O–H groups in total. The van der Waals surface area contributed by atoms with Crippen LogP contribution in [0.15, 0.2) is 83.7 Å². The predicted octanol–water partition coefficient (Wildman–Crippen LogP) is 4.80. The van der Waals surface area contributed by atoms with Crippen molar-refractivity contribution < 1.29 is 14.3 Å². The highest BCUT2D eigenvalue weighted by Crippen LogP contribution is 2.34. The van der Waals surface area contributed by atoms with Crippen LogP contribution in [-0.4, -0.2) is 29.6 Å². The van der Waals surface area contributed by atoms with E-state index in [9.17, 15) is 9.59 Å². The van der Waals surface area contributed by atoms with Crippen molar-refractivity contribution in [3.63, 3.8) is 0 Å². The van der Waals surface area contributed by atoms with Crippen molar-refractivity contribution in [2.75, 3.05) is 14.2 Å². The fourth-order valence-corrected chi connectivity index (χ4v) is 3.69. The number of ether oxygens (including phenoxy) is 2. The van der Waals surface area contributed by atoms with E-state index in [-0.39, 0.29) is 10.8 Å². The quantitative estimate of drug-likeness (QED) is 0.398. The second-order valence-corrected chi connectivity index (χ2v) is 7.19. The summed E-state index contributed by atoms with van der Waals surface area (Å²) in [6.45, 7) is 0. The molecule has 32 heavy (non-hydrogen) atoms. The van der Waals surface area contributed by atoms with Gasteiger partial charge in [-0.1, -0.05) is 41.9 Å². The monoisotopic (exact) mass is 446 g/mol. The maximum Gasteiger partial charge on any atom is 0.285 e. The number of hydrogen-bond acceptors (Lipinski definition) is 5. The zero-order valence-corrected chi connectivity index (χ0v) is 18.2. The molecule has 1 aromatic heterocycles. The molecule has 160 valence electrons. The Hall–Kier alpha value is -3.90. The molecule has 0 aliphatic rings. The minimum absolute atomic E-state index is 0.00909. The van der Waals surface area contributed by atoms with Gasteiger partial charge in [-0.25, -0.2) is 4.98 Å². The molecule has 1 heterocycles. The van der Waals surface area contributed by atoms with Crippen molar-refractivity contribution in [3.8, 4) is 28.4 Å². The number of halogens is 1. The highest BCUT2D eigenvalue weighted by atomic mass is 35.5. The Bertz CT molecular complexity index is 1330. The van der Waals surface area contributed by atoms with E-state index in [0.717, 1.165) is 0 Å². The Kier molecular flexibility index (Phi) is 6.05. The van der Waals surface area contributed by atoms with Gasteiger partial charge in [0.25, 0.3) is 5.56 Å². The lowest BCUT2D eigenvalue weighted by Crippen LogP contribution is -2.29. The van der Waals surface area contributed by atoms with Crippen LogP contribution < -0.4 is 15.0 Å². The fraction of sp³-hybridized carbons (Fsp3) is 0.0800. The summed E-state index contributed by atoms with van der Waals surface area (Å²) >= 11 is 6.60. The van der Waals surface area contributed by atoms with E-state index in [1.54, 1.807) is 60.7 Å². The molecule has 0 bridgehead atoms. The zero-order chi connectivity index (χ0) is 22.7. The molecular weight excluding hydrogens is 428 g/mol. The van der Waals surface area contributed by atoms with Gasteiger partial charge in [-0.2, -0.15) is 0 Å². The van der Waals surface area contributed by atoms with Crippen LogP contribution in [0.1, 0.15) is 16.1 Å². The summed E-state index contributed by atoms with van der Waals surface area (Å²) in [5.41, 5.74) is 0.913. The summed E-state index contributed by atoms with van der Waals surface area (Å²) in [6, 6.07) is 22.6. The Morgan fingerprint density at radius 3 is 2.19 bits per heavy atom. The molecule has 0 aliphatic carbocycles. The standard InChI is InChI=1S/C25H19ClN2O4/c1-31-18-14-12-16(13-15-18)23(29)21-25(30)28(17-8-4-3-5-9-17)22(24(26)27-21)19-10-6-7-11-20(19)32-2/h3-15H,1-2H3.